The number of aliphatic hydroxyl groups is 1. The molecule has 1 aromatic carbocycles. The normalized spacial score (nSPS) is 17.3. The molecule has 140 valence electrons. The molecule has 0 bridgehead atoms. The molecule has 26 heavy (non-hydrogen) atoms. The van der Waals surface area contributed by atoms with Crippen molar-refractivity contribution in [1.29, 1.82) is 0 Å². The summed E-state index contributed by atoms with van der Waals surface area (Å²) in [7, 11) is 1.46. The van der Waals surface area contributed by atoms with Crippen LogP contribution in [0.3, 0.4) is 0 Å². The number of hydrogen-bond donors (Lipinski definition) is 1. The van der Waals surface area contributed by atoms with Crippen molar-refractivity contribution in [3.8, 4) is 0 Å². The molecule has 8 nitrogen and oxygen atoms in total. The van der Waals surface area contributed by atoms with Gasteiger partial charge in [0.25, 0.3) is 11.6 Å². The molecule has 0 saturated carbocycles. The number of para-hydroxylation sites is 1. The molecule has 0 aromatic heterocycles. The summed E-state index contributed by atoms with van der Waals surface area (Å²) < 4.78 is 5.00. The minimum Gasteiger partial charge on any atom is -0.503 e. The summed E-state index contributed by atoms with van der Waals surface area (Å²) in [6, 6.07) is 4.91. The highest BCUT2D eigenvalue weighted by Crippen LogP contribution is 2.41. The molecule has 8 heteroatoms. The van der Waals surface area contributed by atoms with Crippen LogP contribution in [0, 0.1) is 16.0 Å². The first-order valence-electron chi connectivity index (χ1n) is 8.29. The van der Waals surface area contributed by atoms with E-state index in [1.165, 1.54) is 30.2 Å². The van der Waals surface area contributed by atoms with Gasteiger partial charge in [0.05, 0.1) is 28.7 Å². The maximum absolute atomic E-state index is 12.7. The molecule has 0 fully saturated rings. The zero-order valence-electron chi connectivity index (χ0n) is 15.0. The summed E-state index contributed by atoms with van der Waals surface area (Å²) >= 11 is 0. The lowest BCUT2D eigenvalue weighted by Crippen LogP contribution is -2.34. The Bertz CT molecular complexity index is 756. The third-order valence-electron chi connectivity index (χ3n) is 4.16. The SMILES string of the molecule is COCCN1C(=O)C(O)=C(C(=O)CC(C)C)C1c1ccccc1[N+](=O)[O-]. The van der Waals surface area contributed by atoms with Crippen LogP contribution in [0.15, 0.2) is 35.6 Å². The minimum absolute atomic E-state index is 0.0114. The first-order valence-corrected chi connectivity index (χ1v) is 8.29. The van der Waals surface area contributed by atoms with Crippen molar-refractivity contribution < 1.29 is 24.4 Å². The van der Waals surface area contributed by atoms with Gasteiger partial charge < -0.3 is 14.7 Å². The smallest absolute Gasteiger partial charge is 0.290 e. The molecule has 1 amide bonds. The van der Waals surface area contributed by atoms with E-state index in [9.17, 15) is 24.8 Å². The number of methoxy groups -OCH3 is 1. The highest BCUT2D eigenvalue weighted by molar-refractivity contribution is 6.09. The summed E-state index contributed by atoms with van der Waals surface area (Å²) in [6.45, 7) is 3.94. The molecule has 1 aliphatic heterocycles. The van der Waals surface area contributed by atoms with Gasteiger partial charge in [-0.1, -0.05) is 26.0 Å². The van der Waals surface area contributed by atoms with Gasteiger partial charge in [-0.3, -0.25) is 19.7 Å². The third-order valence-corrected chi connectivity index (χ3v) is 4.16. The van der Waals surface area contributed by atoms with Gasteiger partial charge in [0.1, 0.15) is 0 Å². The van der Waals surface area contributed by atoms with Crippen molar-refractivity contribution >= 4 is 17.4 Å². The molecule has 2 rings (SSSR count). The van der Waals surface area contributed by atoms with Gasteiger partial charge in [0, 0.05) is 26.1 Å². The van der Waals surface area contributed by atoms with E-state index in [4.69, 9.17) is 4.74 Å². The predicted molar refractivity (Wildman–Crippen MR) is 93.5 cm³/mol. The molecule has 1 atom stereocenters. The van der Waals surface area contributed by atoms with Crippen molar-refractivity contribution in [3.63, 3.8) is 0 Å². The Balaban J connectivity index is 2.59. The number of aliphatic hydroxyl groups excluding tert-OH is 1. The number of Topliss-reactive ketones (excluding diaryl/α,β-unsaturated/α-hetero) is 1. The van der Waals surface area contributed by atoms with Crippen LogP contribution in [-0.4, -0.2) is 46.9 Å². The fourth-order valence-corrected chi connectivity index (χ4v) is 3.05. The standard InChI is InChI=1S/C18H22N2O6/c1-11(2)10-14(21)15-16(12-6-4-5-7-13(12)20(24)25)19(8-9-26-3)18(23)17(15)22/h4-7,11,16,22H,8-10H2,1-3H3. The number of carbonyl (C=O) groups excluding carboxylic acids is 2. The summed E-state index contributed by atoms with van der Waals surface area (Å²) in [4.78, 5) is 37.3. The molecule has 0 aliphatic carbocycles. The fraction of sp³-hybridized carbons (Fsp3) is 0.444. The van der Waals surface area contributed by atoms with E-state index < -0.39 is 28.4 Å². The monoisotopic (exact) mass is 362 g/mol. The number of amides is 1. The first-order chi connectivity index (χ1) is 12.3. The second-order valence-corrected chi connectivity index (χ2v) is 6.49. The second-order valence-electron chi connectivity index (χ2n) is 6.49. The van der Waals surface area contributed by atoms with Crippen LogP contribution in [0.25, 0.3) is 0 Å². The van der Waals surface area contributed by atoms with E-state index in [1.807, 2.05) is 13.8 Å². The van der Waals surface area contributed by atoms with Crippen molar-refractivity contribution in [1.82, 2.24) is 4.90 Å². The lowest BCUT2D eigenvalue weighted by molar-refractivity contribution is -0.385. The fourth-order valence-electron chi connectivity index (χ4n) is 3.05. The van der Waals surface area contributed by atoms with Crippen molar-refractivity contribution in [2.24, 2.45) is 5.92 Å². The molecular weight excluding hydrogens is 340 g/mol. The van der Waals surface area contributed by atoms with Crippen LogP contribution in [0.2, 0.25) is 0 Å². The molecule has 0 saturated heterocycles. The molecule has 1 N–H and O–H groups in total. The number of ether oxygens (including phenoxy) is 1. The number of carbonyl (C=O) groups is 2. The van der Waals surface area contributed by atoms with Gasteiger partial charge in [0.15, 0.2) is 11.5 Å². The average molecular weight is 362 g/mol. The Morgan fingerprint density at radius 1 is 1.38 bits per heavy atom. The quantitative estimate of drug-likeness (QED) is 0.562. The van der Waals surface area contributed by atoms with E-state index in [1.54, 1.807) is 6.07 Å². The van der Waals surface area contributed by atoms with E-state index in [2.05, 4.69) is 0 Å². The average Bonchev–Trinajstić information content (AvgIpc) is 2.83. The van der Waals surface area contributed by atoms with E-state index >= 15 is 0 Å². The topological polar surface area (TPSA) is 110 Å². The maximum Gasteiger partial charge on any atom is 0.290 e. The van der Waals surface area contributed by atoms with E-state index in [0.717, 1.165) is 0 Å². The predicted octanol–water partition coefficient (Wildman–Crippen LogP) is 2.55. The Hall–Kier alpha value is -2.74. The number of ketones is 1. The molecule has 1 aliphatic rings. The number of rotatable bonds is 8. The Kier molecular flexibility index (Phi) is 6.10. The number of nitro groups is 1. The molecule has 1 heterocycles. The van der Waals surface area contributed by atoms with Crippen LogP contribution in [0.1, 0.15) is 31.9 Å². The van der Waals surface area contributed by atoms with E-state index in [-0.39, 0.29) is 42.3 Å². The zero-order chi connectivity index (χ0) is 19.4. The molecular formula is C18H22N2O6. The largest absolute Gasteiger partial charge is 0.503 e. The van der Waals surface area contributed by atoms with Crippen molar-refractivity contribution in [2.45, 2.75) is 26.3 Å². The van der Waals surface area contributed by atoms with Crippen LogP contribution in [0.5, 0.6) is 0 Å². The lowest BCUT2D eigenvalue weighted by atomic mass is 9.91. The summed E-state index contributed by atoms with van der Waals surface area (Å²) in [5.41, 5.74) is -0.107. The number of nitrogens with zero attached hydrogens (tertiary/aromatic N) is 2. The second kappa shape index (κ2) is 8.09. The Morgan fingerprint density at radius 3 is 2.62 bits per heavy atom. The highest BCUT2D eigenvalue weighted by atomic mass is 16.6. The number of hydrogen-bond acceptors (Lipinski definition) is 6. The van der Waals surface area contributed by atoms with Crippen molar-refractivity contribution in [2.75, 3.05) is 20.3 Å². The van der Waals surface area contributed by atoms with Gasteiger partial charge >= 0.3 is 0 Å². The van der Waals surface area contributed by atoms with Crippen LogP contribution >= 0.6 is 0 Å². The van der Waals surface area contributed by atoms with Gasteiger partial charge in [0.2, 0.25) is 0 Å². The Morgan fingerprint density at radius 2 is 2.04 bits per heavy atom. The van der Waals surface area contributed by atoms with Crippen LogP contribution in [0.4, 0.5) is 5.69 Å². The lowest BCUT2D eigenvalue weighted by Gasteiger charge is -2.26. The van der Waals surface area contributed by atoms with E-state index in [0.29, 0.717) is 0 Å². The van der Waals surface area contributed by atoms with Gasteiger partial charge in [-0.15, -0.1) is 0 Å². The maximum atomic E-state index is 12.7. The first kappa shape index (κ1) is 19.6. The van der Waals surface area contributed by atoms with Gasteiger partial charge in [-0.05, 0) is 12.0 Å². The van der Waals surface area contributed by atoms with Crippen molar-refractivity contribution in [3.05, 3.63) is 51.3 Å². The molecule has 1 unspecified atom stereocenters. The summed E-state index contributed by atoms with van der Waals surface area (Å²) in [6.07, 6.45) is 0.127. The highest BCUT2D eigenvalue weighted by Gasteiger charge is 2.45. The number of nitro benzene ring substituents is 1. The van der Waals surface area contributed by atoms with Crippen LogP contribution < -0.4 is 0 Å². The Labute approximate surface area is 151 Å². The number of benzene rings is 1. The van der Waals surface area contributed by atoms with Gasteiger partial charge in [-0.2, -0.15) is 0 Å². The molecule has 0 spiro atoms. The van der Waals surface area contributed by atoms with Gasteiger partial charge in [-0.25, -0.2) is 0 Å². The minimum atomic E-state index is -1.01. The van der Waals surface area contributed by atoms with Crippen LogP contribution in [-0.2, 0) is 14.3 Å². The summed E-state index contributed by atoms with van der Waals surface area (Å²) in [5.74, 6) is -1.75. The zero-order valence-corrected chi connectivity index (χ0v) is 15.0. The molecule has 1 aromatic rings. The summed E-state index contributed by atoms with van der Waals surface area (Å²) in [5, 5.41) is 21.8. The molecule has 0 radical (unpaired) electrons. The third kappa shape index (κ3) is 3.75.